The normalized spacial score (nSPS) is 13.1. The average molecular weight is 400 g/mol. The molecule has 1 heterocycles. The molecule has 0 spiro atoms. The lowest BCUT2D eigenvalue weighted by Crippen LogP contribution is -2.23. The van der Waals surface area contributed by atoms with Crippen molar-refractivity contribution in [3.8, 4) is 17.2 Å². The van der Waals surface area contributed by atoms with Crippen molar-refractivity contribution in [3.05, 3.63) is 46.4 Å². The summed E-state index contributed by atoms with van der Waals surface area (Å²) in [5.74, 6) is 1.55. The molecule has 1 N–H and O–H groups in total. The van der Waals surface area contributed by atoms with E-state index in [2.05, 4.69) is 20.7 Å². The van der Waals surface area contributed by atoms with Gasteiger partial charge in [-0.25, -0.2) is 13.1 Å². The summed E-state index contributed by atoms with van der Waals surface area (Å²) in [4.78, 5) is 0.0788. The Labute approximate surface area is 142 Å². The van der Waals surface area contributed by atoms with Crippen LogP contribution in [0.2, 0.25) is 0 Å². The number of halogens is 1. The van der Waals surface area contributed by atoms with Crippen molar-refractivity contribution in [3.63, 3.8) is 0 Å². The van der Waals surface area contributed by atoms with Crippen molar-refractivity contribution < 1.29 is 22.6 Å². The third kappa shape index (κ3) is 3.44. The highest BCUT2D eigenvalue weighted by Gasteiger charge is 2.20. The average Bonchev–Trinajstić information content (AvgIpc) is 3.00. The number of benzene rings is 2. The first-order valence-electron chi connectivity index (χ1n) is 6.71. The van der Waals surface area contributed by atoms with Gasteiger partial charge >= 0.3 is 0 Å². The molecule has 0 aromatic heterocycles. The van der Waals surface area contributed by atoms with E-state index in [0.717, 1.165) is 5.56 Å². The Morgan fingerprint density at radius 3 is 2.74 bits per heavy atom. The lowest BCUT2D eigenvalue weighted by Gasteiger charge is -2.11. The fourth-order valence-electron chi connectivity index (χ4n) is 2.17. The van der Waals surface area contributed by atoms with Gasteiger partial charge in [-0.15, -0.1) is 0 Å². The van der Waals surface area contributed by atoms with E-state index in [1.807, 2.05) is 0 Å². The van der Waals surface area contributed by atoms with Gasteiger partial charge in [-0.05, 0) is 35.9 Å². The molecule has 0 bridgehead atoms. The molecule has 0 saturated heterocycles. The second-order valence-corrected chi connectivity index (χ2v) is 7.46. The Kier molecular flexibility index (Phi) is 4.47. The van der Waals surface area contributed by atoms with Crippen molar-refractivity contribution in [1.29, 1.82) is 0 Å². The van der Waals surface area contributed by atoms with Crippen LogP contribution >= 0.6 is 15.9 Å². The number of fused-ring (bicyclic) bond motifs is 1. The molecule has 1 aliphatic heterocycles. The van der Waals surface area contributed by atoms with Crippen LogP contribution in [0.5, 0.6) is 17.2 Å². The monoisotopic (exact) mass is 399 g/mol. The van der Waals surface area contributed by atoms with Gasteiger partial charge in [-0.1, -0.05) is 22.0 Å². The molecule has 3 rings (SSSR count). The molecule has 0 unspecified atom stereocenters. The number of hydrogen-bond donors (Lipinski definition) is 1. The maximum Gasteiger partial charge on any atom is 0.244 e. The maximum atomic E-state index is 12.5. The van der Waals surface area contributed by atoms with E-state index in [4.69, 9.17) is 14.2 Å². The predicted octanol–water partition coefficient (Wildman–Crippen LogP) is 2.66. The Morgan fingerprint density at radius 1 is 1.17 bits per heavy atom. The van der Waals surface area contributed by atoms with Crippen molar-refractivity contribution in [2.24, 2.45) is 0 Å². The molecule has 0 aliphatic carbocycles. The smallest absolute Gasteiger partial charge is 0.244 e. The predicted molar refractivity (Wildman–Crippen MR) is 87.3 cm³/mol. The van der Waals surface area contributed by atoms with Crippen molar-refractivity contribution in [2.75, 3.05) is 13.9 Å². The number of ether oxygens (including phenoxy) is 3. The SMILES string of the molecule is COc1ccc(Br)cc1S(=O)(=O)NCc1ccc2c(c1)OCO2. The molecule has 0 atom stereocenters. The highest BCUT2D eigenvalue weighted by atomic mass is 79.9. The molecular weight excluding hydrogens is 386 g/mol. The number of hydrogen-bond acceptors (Lipinski definition) is 5. The zero-order chi connectivity index (χ0) is 16.4. The van der Waals surface area contributed by atoms with E-state index < -0.39 is 10.0 Å². The summed E-state index contributed by atoms with van der Waals surface area (Å²) in [7, 11) is -2.28. The number of rotatable bonds is 5. The third-order valence-electron chi connectivity index (χ3n) is 3.32. The summed E-state index contributed by atoms with van der Waals surface area (Å²) in [6.45, 7) is 0.314. The summed E-state index contributed by atoms with van der Waals surface area (Å²) in [6, 6.07) is 10.1. The molecule has 1 aliphatic rings. The number of methoxy groups -OCH3 is 1. The van der Waals surface area contributed by atoms with E-state index in [9.17, 15) is 8.42 Å². The molecular formula is C15H14BrNO5S. The van der Waals surface area contributed by atoms with E-state index in [1.54, 1.807) is 30.3 Å². The van der Waals surface area contributed by atoms with Gasteiger partial charge in [0.1, 0.15) is 10.6 Å². The molecule has 0 radical (unpaired) electrons. The van der Waals surface area contributed by atoms with Gasteiger partial charge in [-0.3, -0.25) is 0 Å². The summed E-state index contributed by atoms with van der Waals surface area (Å²) in [5.41, 5.74) is 0.770. The standard InChI is InChI=1S/C15H14BrNO5S/c1-20-13-5-3-11(16)7-15(13)23(18,19)17-8-10-2-4-12-14(6-10)22-9-21-12/h2-7,17H,8-9H2,1H3. The quantitative estimate of drug-likeness (QED) is 0.836. The molecule has 6 nitrogen and oxygen atoms in total. The Morgan fingerprint density at radius 2 is 1.96 bits per heavy atom. The molecule has 8 heteroatoms. The number of sulfonamides is 1. The van der Waals surface area contributed by atoms with Crippen LogP contribution in [0.15, 0.2) is 45.8 Å². The molecule has 122 valence electrons. The van der Waals surface area contributed by atoms with Gasteiger partial charge in [-0.2, -0.15) is 0 Å². The van der Waals surface area contributed by atoms with Gasteiger partial charge in [0.15, 0.2) is 11.5 Å². The number of nitrogens with one attached hydrogen (secondary N) is 1. The fourth-order valence-corrected chi connectivity index (χ4v) is 3.89. The molecule has 2 aromatic rings. The van der Waals surface area contributed by atoms with Crippen LogP contribution in [0, 0.1) is 0 Å². The summed E-state index contributed by atoms with van der Waals surface area (Å²) in [6.07, 6.45) is 0. The molecule has 0 amide bonds. The maximum absolute atomic E-state index is 12.5. The highest BCUT2D eigenvalue weighted by Crippen LogP contribution is 2.33. The molecule has 0 saturated carbocycles. The first kappa shape index (κ1) is 16.1. The lowest BCUT2D eigenvalue weighted by molar-refractivity contribution is 0.174. The van der Waals surface area contributed by atoms with Gasteiger partial charge < -0.3 is 14.2 Å². The van der Waals surface area contributed by atoms with E-state index >= 15 is 0 Å². The van der Waals surface area contributed by atoms with Crippen LogP contribution in [-0.4, -0.2) is 22.3 Å². The third-order valence-corrected chi connectivity index (χ3v) is 5.23. The van der Waals surface area contributed by atoms with Crippen LogP contribution in [0.4, 0.5) is 0 Å². The Hall–Kier alpha value is -1.77. The van der Waals surface area contributed by atoms with Crippen molar-refractivity contribution >= 4 is 26.0 Å². The summed E-state index contributed by atoms with van der Waals surface area (Å²) >= 11 is 3.27. The highest BCUT2D eigenvalue weighted by molar-refractivity contribution is 9.10. The van der Waals surface area contributed by atoms with E-state index in [-0.39, 0.29) is 24.0 Å². The first-order valence-corrected chi connectivity index (χ1v) is 8.99. The van der Waals surface area contributed by atoms with E-state index in [1.165, 1.54) is 13.2 Å². The van der Waals surface area contributed by atoms with Crippen LogP contribution in [-0.2, 0) is 16.6 Å². The second kappa shape index (κ2) is 6.38. The van der Waals surface area contributed by atoms with Crippen LogP contribution in [0.1, 0.15) is 5.56 Å². The summed E-state index contributed by atoms with van der Waals surface area (Å²) < 4.78 is 43.9. The molecule has 2 aromatic carbocycles. The minimum absolute atomic E-state index is 0.0788. The Bertz CT molecular complexity index is 838. The minimum atomic E-state index is -3.71. The van der Waals surface area contributed by atoms with Crippen LogP contribution < -0.4 is 18.9 Å². The van der Waals surface area contributed by atoms with E-state index in [0.29, 0.717) is 16.0 Å². The van der Waals surface area contributed by atoms with Gasteiger partial charge in [0.2, 0.25) is 16.8 Å². The summed E-state index contributed by atoms with van der Waals surface area (Å²) in [5, 5.41) is 0. The first-order chi connectivity index (χ1) is 11.0. The fraction of sp³-hybridized carbons (Fsp3) is 0.200. The minimum Gasteiger partial charge on any atom is -0.495 e. The van der Waals surface area contributed by atoms with Gasteiger partial charge in [0, 0.05) is 11.0 Å². The van der Waals surface area contributed by atoms with Crippen LogP contribution in [0.25, 0.3) is 0 Å². The topological polar surface area (TPSA) is 73.9 Å². The van der Waals surface area contributed by atoms with Gasteiger partial charge in [0.25, 0.3) is 0 Å². The second-order valence-electron chi connectivity index (χ2n) is 4.81. The molecule has 23 heavy (non-hydrogen) atoms. The lowest BCUT2D eigenvalue weighted by atomic mass is 10.2. The zero-order valence-electron chi connectivity index (χ0n) is 12.2. The zero-order valence-corrected chi connectivity index (χ0v) is 14.6. The molecule has 0 fully saturated rings. The van der Waals surface area contributed by atoms with Gasteiger partial charge in [0.05, 0.1) is 7.11 Å². The van der Waals surface area contributed by atoms with Crippen LogP contribution in [0.3, 0.4) is 0 Å². The van der Waals surface area contributed by atoms with Crippen molar-refractivity contribution in [2.45, 2.75) is 11.4 Å². The largest absolute Gasteiger partial charge is 0.495 e. The van der Waals surface area contributed by atoms with Crippen molar-refractivity contribution in [1.82, 2.24) is 4.72 Å². The Balaban J connectivity index is 1.80.